The third-order valence-electron chi connectivity index (χ3n) is 6.96. The fourth-order valence-electron chi connectivity index (χ4n) is 5.95. The molecule has 0 amide bonds. The summed E-state index contributed by atoms with van der Waals surface area (Å²) in [6.45, 7) is 4.46. The standard InChI is InChI=1S/C26H26O4/c1-15(2)25-16-9-6-12-19(28-3)22(16)26(27,23-17(25)10-7-13-20(23)29-4)24-18(25)11-8-14-21(24)30-5/h6-15,27H,1-5H3. The molecule has 3 aliphatic carbocycles. The lowest BCUT2D eigenvalue weighted by Crippen LogP contribution is -2.53. The van der Waals surface area contributed by atoms with Crippen LogP contribution >= 0.6 is 0 Å². The fraction of sp³-hybridized carbons (Fsp3) is 0.308. The maximum absolute atomic E-state index is 12.7. The first kappa shape index (κ1) is 19.0. The van der Waals surface area contributed by atoms with Crippen LogP contribution in [0.15, 0.2) is 54.6 Å². The van der Waals surface area contributed by atoms with Gasteiger partial charge in [-0.15, -0.1) is 0 Å². The highest BCUT2D eigenvalue weighted by atomic mass is 16.5. The van der Waals surface area contributed by atoms with Crippen molar-refractivity contribution < 1.29 is 19.3 Å². The number of hydrogen-bond acceptors (Lipinski definition) is 4. The third kappa shape index (κ3) is 1.91. The molecule has 0 spiro atoms. The second-order valence-electron chi connectivity index (χ2n) is 8.32. The van der Waals surface area contributed by atoms with Gasteiger partial charge in [-0.05, 0) is 40.8 Å². The Kier molecular flexibility index (Phi) is 3.97. The van der Waals surface area contributed by atoms with Crippen molar-refractivity contribution in [2.75, 3.05) is 21.3 Å². The summed E-state index contributed by atoms with van der Waals surface area (Å²) in [6, 6.07) is 18.1. The smallest absolute Gasteiger partial charge is 0.152 e. The molecule has 3 aliphatic rings. The molecule has 30 heavy (non-hydrogen) atoms. The lowest BCUT2D eigenvalue weighted by atomic mass is 9.47. The van der Waals surface area contributed by atoms with Crippen molar-refractivity contribution in [3.63, 3.8) is 0 Å². The van der Waals surface area contributed by atoms with Crippen LogP contribution in [0.25, 0.3) is 0 Å². The first-order valence-electron chi connectivity index (χ1n) is 10.2. The number of rotatable bonds is 4. The number of methoxy groups -OCH3 is 3. The van der Waals surface area contributed by atoms with Crippen LogP contribution in [0.5, 0.6) is 17.2 Å². The lowest BCUT2D eigenvalue weighted by Gasteiger charge is -2.56. The van der Waals surface area contributed by atoms with E-state index in [2.05, 4.69) is 32.0 Å². The van der Waals surface area contributed by atoms with Gasteiger partial charge in [0.1, 0.15) is 17.2 Å². The second kappa shape index (κ2) is 6.26. The van der Waals surface area contributed by atoms with Crippen molar-refractivity contribution in [3.05, 3.63) is 88.0 Å². The van der Waals surface area contributed by atoms with E-state index in [-0.39, 0.29) is 5.92 Å². The van der Waals surface area contributed by atoms with E-state index in [1.807, 2.05) is 36.4 Å². The maximum atomic E-state index is 12.7. The van der Waals surface area contributed by atoms with Gasteiger partial charge >= 0.3 is 0 Å². The van der Waals surface area contributed by atoms with E-state index in [1.165, 1.54) is 0 Å². The van der Waals surface area contributed by atoms with Gasteiger partial charge in [0, 0.05) is 22.1 Å². The minimum absolute atomic E-state index is 0.199. The average Bonchev–Trinajstić information content (AvgIpc) is 2.77. The zero-order chi connectivity index (χ0) is 21.3. The highest BCUT2D eigenvalue weighted by Crippen LogP contribution is 2.67. The average molecular weight is 402 g/mol. The molecule has 0 unspecified atom stereocenters. The topological polar surface area (TPSA) is 47.9 Å². The molecule has 0 radical (unpaired) electrons. The van der Waals surface area contributed by atoms with Crippen LogP contribution in [0.2, 0.25) is 0 Å². The molecule has 2 bridgehead atoms. The van der Waals surface area contributed by atoms with Crippen molar-refractivity contribution >= 4 is 0 Å². The summed E-state index contributed by atoms with van der Waals surface area (Å²) in [7, 11) is 4.95. The third-order valence-corrected chi connectivity index (χ3v) is 6.96. The number of ether oxygens (including phenoxy) is 3. The molecule has 3 aromatic carbocycles. The largest absolute Gasteiger partial charge is 0.496 e. The van der Waals surface area contributed by atoms with E-state index in [4.69, 9.17) is 14.2 Å². The molecular formula is C26H26O4. The van der Waals surface area contributed by atoms with Crippen LogP contribution in [-0.2, 0) is 11.0 Å². The summed E-state index contributed by atoms with van der Waals surface area (Å²) >= 11 is 0. The van der Waals surface area contributed by atoms with Crippen molar-refractivity contribution in [1.82, 2.24) is 0 Å². The normalized spacial score (nSPS) is 22.9. The molecule has 0 atom stereocenters. The predicted octanol–water partition coefficient (Wildman–Crippen LogP) is 4.61. The highest BCUT2D eigenvalue weighted by Gasteiger charge is 2.62. The Morgan fingerprint density at radius 3 is 1.23 bits per heavy atom. The molecule has 154 valence electrons. The molecule has 0 saturated heterocycles. The Morgan fingerprint density at radius 2 is 0.967 bits per heavy atom. The van der Waals surface area contributed by atoms with Gasteiger partial charge in [0.15, 0.2) is 5.60 Å². The molecule has 1 N–H and O–H groups in total. The Balaban J connectivity index is 2.10. The summed E-state index contributed by atoms with van der Waals surface area (Å²) in [6.07, 6.45) is 0. The fourth-order valence-corrected chi connectivity index (χ4v) is 5.95. The minimum Gasteiger partial charge on any atom is -0.496 e. The summed E-state index contributed by atoms with van der Waals surface area (Å²) in [5.41, 5.74) is 3.60. The molecule has 0 saturated carbocycles. The zero-order valence-electron chi connectivity index (χ0n) is 17.9. The van der Waals surface area contributed by atoms with Gasteiger partial charge in [0.05, 0.1) is 21.3 Å². The van der Waals surface area contributed by atoms with Crippen LogP contribution in [0.3, 0.4) is 0 Å². The predicted molar refractivity (Wildman–Crippen MR) is 116 cm³/mol. The molecule has 0 aromatic heterocycles. The molecule has 0 aliphatic heterocycles. The molecular weight excluding hydrogens is 376 g/mol. The van der Waals surface area contributed by atoms with Crippen LogP contribution in [-0.4, -0.2) is 26.4 Å². The van der Waals surface area contributed by atoms with Crippen LogP contribution in [0, 0.1) is 5.92 Å². The molecule has 0 fully saturated rings. The van der Waals surface area contributed by atoms with Gasteiger partial charge < -0.3 is 19.3 Å². The van der Waals surface area contributed by atoms with Crippen molar-refractivity contribution in [3.8, 4) is 17.2 Å². The Labute approximate surface area is 177 Å². The van der Waals surface area contributed by atoms with E-state index >= 15 is 0 Å². The molecule has 0 heterocycles. The summed E-state index contributed by atoms with van der Waals surface area (Å²) in [4.78, 5) is 0. The highest BCUT2D eigenvalue weighted by molar-refractivity contribution is 5.79. The van der Waals surface area contributed by atoms with Crippen LogP contribution in [0.1, 0.15) is 47.2 Å². The van der Waals surface area contributed by atoms with Gasteiger partial charge in [-0.3, -0.25) is 0 Å². The first-order chi connectivity index (χ1) is 14.5. The molecule has 6 rings (SSSR count). The zero-order valence-corrected chi connectivity index (χ0v) is 17.9. The Morgan fingerprint density at radius 1 is 0.633 bits per heavy atom. The molecule has 4 nitrogen and oxygen atoms in total. The van der Waals surface area contributed by atoms with Crippen molar-refractivity contribution in [2.45, 2.75) is 24.9 Å². The summed E-state index contributed by atoms with van der Waals surface area (Å²) in [5.74, 6) is 2.18. The van der Waals surface area contributed by atoms with E-state index < -0.39 is 11.0 Å². The summed E-state index contributed by atoms with van der Waals surface area (Å²) < 4.78 is 17.4. The molecule has 4 heteroatoms. The molecule has 3 aromatic rings. The van der Waals surface area contributed by atoms with Crippen LogP contribution in [0.4, 0.5) is 0 Å². The van der Waals surface area contributed by atoms with E-state index in [0.29, 0.717) is 17.2 Å². The second-order valence-corrected chi connectivity index (χ2v) is 8.32. The van der Waals surface area contributed by atoms with E-state index in [1.54, 1.807) is 21.3 Å². The van der Waals surface area contributed by atoms with Crippen LogP contribution < -0.4 is 14.2 Å². The lowest BCUT2D eigenvalue weighted by molar-refractivity contribution is 0.0917. The Bertz CT molecular complexity index is 1020. The van der Waals surface area contributed by atoms with Crippen molar-refractivity contribution in [2.24, 2.45) is 5.92 Å². The van der Waals surface area contributed by atoms with Gasteiger partial charge in [0.25, 0.3) is 0 Å². The van der Waals surface area contributed by atoms with Gasteiger partial charge in [-0.2, -0.15) is 0 Å². The number of aliphatic hydroxyl groups is 1. The van der Waals surface area contributed by atoms with Crippen molar-refractivity contribution in [1.29, 1.82) is 0 Å². The first-order valence-corrected chi connectivity index (χ1v) is 10.2. The van der Waals surface area contributed by atoms with Gasteiger partial charge in [0.2, 0.25) is 0 Å². The van der Waals surface area contributed by atoms with Gasteiger partial charge in [-0.1, -0.05) is 50.2 Å². The quantitative estimate of drug-likeness (QED) is 0.692. The maximum Gasteiger partial charge on any atom is 0.152 e. The van der Waals surface area contributed by atoms with E-state index in [9.17, 15) is 5.11 Å². The minimum atomic E-state index is -1.46. The number of benzene rings is 3. The Hall–Kier alpha value is -2.98. The monoisotopic (exact) mass is 402 g/mol. The number of hydrogen-bond donors (Lipinski definition) is 1. The van der Waals surface area contributed by atoms with E-state index in [0.717, 1.165) is 33.4 Å². The van der Waals surface area contributed by atoms with Gasteiger partial charge in [-0.25, -0.2) is 0 Å². The summed E-state index contributed by atoms with van der Waals surface area (Å²) in [5, 5.41) is 12.7. The SMILES string of the molecule is COc1cccc2c1C1(O)c3c(OC)cccc3C2(C(C)C)c2cccc(OC)c21.